The Kier molecular flexibility index (Phi) is 7.01. The quantitative estimate of drug-likeness (QED) is 0.499. The van der Waals surface area contributed by atoms with Crippen LogP contribution in [0.25, 0.3) is 16.9 Å². The zero-order valence-electron chi connectivity index (χ0n) is 19.7. The van der Waals surface area contributed by atoms with E-state index in [0.717, 1.165) is 5.56 Å². The Morgan fingerprint density at radius 3 is 2.28 bits per heavy atom. The molecule has 0 saturated carbocycles. The number of rotatable bonds is 8. The first-order chi connectivity index (χ1) is 15.2. The molecular formula is C24H32N4O4. The van der Waals surface area contributed by atoms with Crippen LogP contribution in [-0.2, 0) is 16.1 Å². The Labute approximate surface area is 187 Å². The van der Waals surface area contributed by atoms with E-state index in [2.05, 4.69) is 18.8 Å². The fourth-order valence-corrected chi connectivity index (χ4v) is 3.64. The minimum Gasteiger partial charge on any atom is -0.464 e. The molecule has 32 heavy (non-hydrogen) atoms. The number of imidazole rings is 1. The van der Waals surface area contributed by atoms with Gasteiger partial charge in [-0.05, 0) is 49.8 Å². The number of benzene rings is 1. The third kappa shape index (κ3) is 4.40. The highest BCUT2D eigenvalue weighted by molar-refractivity contribution is 5.79. The molecule has 0 aliphatic heterocycles. The molecule has 2 heterocycles. The Morgan fingerprint density at radius 2 is 1.72 bits per heavy atom. The van der Waals surface area contributed by atoms with E-state index in [1.807, 2.05) is 38.1 Å². The summed E-state index contributed by atoms with van der Waals surface area (Å²) >= 11 is 0. The molecule has 0 spiro atoms. The molecule has 0 amide bonds. The lowest BCUT2D eigenvalue weighted by molar-refractivity contribution is -0.146. The van der Waals surface area contributed by atoms with E-state index in [1.165, 1.54) is 20.0 Å². The van der Waals surface area contributed by atoms with E-state index in [1.54, 1.807) is 13.8 Å². The summed E-state index contributed by atoms with van der Waals surface area (Å²) in [6.45, 7) is 12.2. The number of fused-ring (bicyclic) bond motifs is 1. The van der Waals surface area contributed by atoms with Crippen molar-refractivity contribution in [3.63, 3.8) is 0 Å². The number of ether oxygens (including phenoxy) is 1. The molecule has 1 aromatic carbocycles. The van der Waals surface area contributed by atoms with E-state index in [0.29, 0.717) is 23.9 Å². The van der Waals surface area contributed by atoms with Gasteiger partial charge in [-0.1, -0.05) is 39.8 Å². The van der Waals surface area contributed by atoms with Crippen LogP contribution in [0.5, 0.6) is 0 Å². The predicted molar refractivity (Wildman–Crippen MR) is 124 cm³/mol. The second-order valence-electron chi connectivity index (χ2n) is 8.76. The minimum absolute atomic E-state index is 0.210. The molecular weight excluding hydrogens is 408 g/mol. The Bertz CT molecular complexity index is 1220. The Morgan fingerprint density at radius 1 is 1.06 bits per heavy atom. The van der Waals surface area contributed by atoms with Crippen LogP contribution in [0.3, 0.4) is 0 Å². The highest BCUT2D eigenvalue weighted by Crippen LogP contribution is 2.20. The van der Waals surface area contributed by atoms with Crippen LogP contribution < -0.4 is 11.2 Å². The maximum atomic E-state index is 13.4. The van der Waals surface area contributed by atoms with Crippen LogP contribution >= 0.6 is 0 Å². The first-order valence-corrected chi connectivity index (χ1v) is 11.2. The van der Waals surface area contributed by atoms with Crippen molar-refractivity contribution in [2.24, 2.45) is 5.92 Å². The summed E-state index contributed by atoms with van der Waals surface area (Å²) in [4.78, 5) is 43.6. The number of hydrogen-bond donors (Lipinski definition) is 0. The van der Waals surface area contributed by atoms with Gasteiger partial charge in [-0.15, -0.1) is 0 Å². The number of aromatic nitrogens is 4. The number of hydrogen-bond acceptors (Lipinski definition) is 5. The van der Waals surface area contributed by atoms with Gasteiger partial charge in [-0.2, -0.15) is 0 Å². The molecule has 0 fully saturated rings. The van der Waals surface area contributed by atoms with Crippen LogP contribution in [0.2, 0.25) is 0 Å². The van der Waals surface area contributed by atoms with Gasteiger partial charge < -0.3 is 9.30 Å². The highest BCUT2D eigenvalue weighted by atomic mass is 16.5. The fraction of sp³-hybridized carbons (Fsp3) is 0.500. The van der Waals surface area contributed by atoms with E-state index in [9.17, 15) is 14.4 Å². The van der Waals surface area contributed by atoms with Gasteiger partial charge in [0.1, 0.15) is 6.04 Å². The summed E-state index contributed by atoms with van der Waals surface area (Å²) in [5.74, 6) is 0.212. The van der Waals surface area contributed by atoms with Crippen LogP contribution in [0, 0.1) is 5.92 Å². The molecule has 2 aromatic heterocycles. The van der Waals surface area contributed by atoms with Crippen molar-refractivity contribution in [1.82, 2.24) is 18.7 Å². The third-order valence-electron chi connectivity index (χ3n) is 5.65. The van der Waals surface area contributed by atoms with Gasteiger partial charge in [0.05, 0.1) is 18.6 Å². The second kappa shape index (κ2) is 9.54. The summed E-state index contributed by atoms with van der Waals surface area (Å²) in [7, 11) is 0. The van der Waals surface area contributed by atoms with Crippen molar-refractivity contribution < 1.29 is 9.53 Å². The predicted octanol–water partition coefficient (Wildman–Crippen LogP) is 3.64. The number of nitrogens with zero attached hydrogens (tertiary/aromatic N) is 4. The summed E-state index contributed by atoms with van der Waals surface area (Å²) in [6.07, 6.45) is 2.10. The molecule has 1 atom stereocenters. The zero-order chi connectivity index (χ0) is 23.6. The van der Waals surface area contributed by atoms with Crippen LogP contribution in [0.1, 0.15) is 65.5 Å². The molecule has 3 rings (SSSR count). The standard InChI is InChI=1S/C24H32N4O4/c1-7-32-23(30)17(6)27-14-25-21-20(27)22(29)26(13-12-15(2)3)24(31)28(21)19-10-8-18(9-11-19)16(4)5/h8-11,14-17H,7,12-13H2,1-6H3. The number of carbonyl (C=O) groups excluding carboxylic acids is 1. The van der Waals surface area contributed by atoms with E-state index in [-0.39, 0.29) is 24.3 Å². The van der Waals surface area contributed by atoms with Crippen molar-refractivity contribution in [3.8, 4) is 5.69 Å². The summed E-state index contributed by atoms with van der Waals surface area (Å²) in [5.41, 5.74) is 1.32. The fourth-order valence-electron chi connectivity index (χ4n) is 3.64. The van der Waals surface area contributed by atoms with E-state index in [4.69, 9.17) is 4.74 Å². The van der Waals surface area contributed by atoms with Crippen molar-refractivity contribution in [3.05, 3.63) is 57.0 Å². The average Bonchev–Trinajstić information content (AvgIpc) is 3.18. The molecule has 172 valence electrons. The topological polar surface area (TPSA) is 88.1 Å². The van der Waals surface area contributed by atoms with Gasteiger partial charge in [0.15, 0.2) is 11.2 Å². The summed E-state index contributed by atoms with van der Waals surface area (Å²) in [6, 6.07) is 6.92. The first-order valence-electron chi connectivity index (χ1n) is 11.2. The molecule has 0 N–H and O–H groups in total. The largest absolute Gasteiger partial charge is 0.464 e. The summed E-state index contributed by atoms with van der Waals surface area (Å²) in [5, 5.41) is 0. The Hall–Kier alpha value is -3.16. The molecule has 0 radical (unpaired) electrons. The summed E-state index contributed by atoms with van der Waals surface area (Å²) < 4.78 is 9.33. The maximum absolute atomic E-state index is 13.4. The van der Waals surface area contributed by atoms with Crippen LogP contribution in [0.15, 0.2) is 40.2 Å². The van der Waals surface area contributed by atoms with Crippen molar-refractivity contribution in [2.45, 2.75) is 66.5 Å². The lowest BCUT2D eigenvalue weighted by Gasteiger charge is -2.16. The normalized spacial score (nSPS) is 12.6. The maximum Gasteiger partial charge on any atom is 0.337 e. The van der Waals surface area contributed by atoms with Gasteiger partial charge in [-0.3, -0.25) is 9.36 Å². The van der Waals surface area contributed by atoms with Crippen molar-refractivity contribution in [1.29, 1.82) is 0 Å². The van der Waals surface area contributed by atoms with Gasteiger partial charge in [-0.25, -0.2) is 19.1 Å². The second-order valence-corrected chi connectivity index (χ2v) is 8.76. The molecule has 3 aromatic rings. The minimum atomic E-state index is -0.750. The van der Waals surface area contributed by atoms with E-state index < -0.39 is 23.3 Å². The molecule has 0 aliphatic rings. The lowest BCUT2D eigenvalue weighted by atomic mass is 10.0. The molecule has 0 saturated heterocycles. The van der Waals surface area contributed by atoms with Crippen molar-refractivity contribution in [2.75, 3.05) is 6.61 Å². The number of carbonyl (C=O) groups is 1. The van der Waals surface area contributed by atoms with Gasteiger partial charge in [0.2, 0.25) is 0 Å². The van der Waals surface area contributed by atoms with Crippen LogP contribution in [0.4, 0.5) is 0 Å². The molecule has 8 heteroatoms. The molecule has 1 unspecified atom stereocenters. The van der Waals surface area contributed by atoms with Crippen LogP contribution in [-0.4, -0.2) is 31.3 Å². The first kappa shape index (κ1) is 23.5. The van der Waals surface area contributed by atoms with E-state index >= 15 is 0 Å². The monoisotopic (exact) mass is 440 g/mol. The molecule has 0 aliphatic carbocycles. The lowest BCUT2D eigenvalue weighted by Crippen LogP contribution is -2.40. The Balaban J connectivity index is 2.29. The third-order valence-corrected chi connectivity index (χ3v) is 5.65. The van der Waals surface area contributed by atoms with Crippen molar-refractivity contribution >= 4 is 17.1 Å². The SMILES string of the molecule is CCOC(=O)C(C)n1cnc2c1c(=O)n(CCC(C)C)c(=O)n2-c1ccc(C(C)C)cc1. The van der Waals surface area contributed by atoms with Gasteiger partial charge in [0, 0.05) is 6.54 Å². The number of esters is 1. The average molecular weight is 441 g/mol. The molecule has 8 nitrogen and oxygen atoms in total. The smallest absolute Gasteiger partial charge is 0.337 e. The van der Waals surface area contributed by atoms with Gasteiger partial charge in [0.25, 0.3) is 5.56 Å². The molecule has 0 bridgehead atoms. The van der Waals surface area contributed by atoms with Gasteiger partial charge >= 0.3 is 11.7 Å². The zero-order valence-corrected chi connectivity index (χ0v) is 19.7. The highest BCUT2D eigenvalue weighted by Gasteiger charge is 2.24.